The molecule has 1 amide bonds. The molecule has 31 heavy (non-hydrogen) atoms. The Morgan fingerprint density at radius 3 is 2.42 bits per heavy atom. The third kappa shape index (κ3) is 5.09. The summed E-state index contributed by atoms with van der Waals surface area (Å²) in [5, 5.41) is 0. The van der Waals surface area contributed by atoms with Crippen molar-refractivity contribution < 1.29 is 26.9 Å². The summed E-state index contributed by atoms with van der Waals surface area (Å²) in [6, 6.07) is 10.5. The normalized spacial score (nSPS) is 15.3. The first-order valence-electron chi connectivity index (χ1n) is 8.92. The van der Waals surface area contributed by atoms with Crippen LogP contribution in [-0.2, 0) is 14.9 Å². The molecule has 2 aromatic carbocycles. The summed E-state index contributed by atoms with van der Waals surface area (Å²) in [6.45, 7) is 3.96. The average Bonchev–Trinajstić information content (AvgIpc) is 3.02. The summed E-state index contributed by atoms with van der Waals surface area (Å²) >= 11 is 6.42. The summed E-state index contributed by atoms with van der Waals surface area (Å²) in [5.41, 5.74) is 0.630. The second kappa shape index (κ2) is 9.54. The monoisotopic (exact) mass is 477 g/mol. The van der Waals surface area contributed by atoms with Crippen LogP contribution in [0.2, 0.25) is 0 Å². The summed E-state index contributed by atoms with van der Waals surface area (Å²) in [4.78, 5) is 14.4. The van der Waals surface area contributed by atoms with Gasteiger partial charge in [-0.25, -0.2) is 0 Å². The van der Waals surface area contributed by atoms with Gasteiger partial charge in [-0.1, -0.05) is 36.1 Å². The Labute approximate surface area is 190 Å². The Morgan fingerprint density at radius 2 is 1.81 bits per heavy atom. The van der Waals surface area contributed by atoms with Gasteiger partial charge in [0.15, 0.2) is 11.5 Å². The second-order valence-electron chi connectivity index (χ2n) is 6.20. The van der Waals surface area contributed by atoms with Crippen LogP contribution in [0.25, 0.3) is 6.08 Å². The summed E-state index contributed by atoms with van der Waals surface area (Å²) < 4.78 is 41.3. The minimum absolute atomic E-state index is 0.0228. The molecule has 1 aliphatic rings. The van der Waals surface area contributed by atoms with Crippen LogP contribution in [0.3, 0.4) is 0 Å². The molecule has 0 radical (unpaired) electrons. The van der Waals surface area contributed by atoms with E-state index < -0.39 is 10.1 Å². The number of hydrogen-bond acceptors (Lipinski definition) is 8. The lowest BCUT2D eigenvalue weighted by Crippen LogP contribution is -2.27. The smallest absolute Gasteiger partial charge is 0.339 e. The fourth-order valence-corrected chi connectivity index (χ4v) is 4.90. The lowest BCUT2D eigenvalue weighted by molar-refractivity contribution is -0.121. The maximum absolute atomic E-state index is 12.6. The SMILES string of the molecule is C=CCN1C(=O)/C(=C\c2ccc(OS(=O)(=O)c3ccc(OC)cc3)c(OC)c2)SC1=S. The van der Waals surface area contributed by atoms with Crippen molar-refractivity contribution >= 4 is 50.4 Å². The molecule has 2 aromatic rings. The van der Waals surface area contributed by atoms with Crippen LogP contribution < -0.4 is 13.7 Å². The number of methoxy groups -OCH3 is 2. The molecule has 1 heterocycles. The van der Waals surface area contributed by atoms with Gasteiger partial charge in [0.1, 0.15) is 15.0 Å². The molecule has 0 unspecified atom stereocenters. The molecular formula is C21H19NO6S3. The van der Waals surface area contributed by atoms with Crippen molar-refractivity contribution in [2.45, 2.75) is 4.90 Å². The average molecular weight is 478 g/mol. The van der Waals surface area contributed by atoms with Gasteiger partial charge in [0.2, 0.25) is 0 Å². The molecule has 1 aliphatic heterocycles. The number of carbonyl (C=O) groups is 1. The minimum atomic E-state index is -4.08. The van der Waals surface area contributed by atoms with Crippen molar-refractivity contribution in [3.8, 4) is 17.2 Å². The molecule has 10 heteroatoms. The number of carbonyl (C=O) groups excluding carboxylic acids is 1. The highest BCUT2D eigenvalue weighted by atomic mass is 32.2. The fourth-order valence-electron chi connectivity index (χ4n) is 2.69. The van der Waals surface area contributed by atoms with Gasteiger partial charge in [0, 0.05) is 6.54 Å². The standard InChI is InChI=1S/C21H19NO6S3/c1-4-11-22-20(23)19(30-21(22)29)13-14-5-10-17(18(12-14)27-3)28-31(24,25)16-8-6-15(26-2)7-9-16/h4-10,12-13H,1,11H2,2-3H3/b19-13+. The Kier molecular flexibility index (Phi) is 7.04. The van der Waals surface area contributed by atoms with E-state index in [0.29, 0.717) is 27.1 Å². The van der Waals surface area contributed by atoms with Crippen molar-refractivity contribution in [2.24, 2.45) is 0 Å². The van der Waals surface area contributed by atoms with E-state index in [4.69, 9.17) is 25.9 Å². The Hall–Kier alpha value is -2.82. The number of thioether (sulfide) groups is 1. The lowest BCUT2D eigenvalue weighted by Gasteiger charge is -2.12. The van der Waals surface area contributed by atoms with Crippen molar-refractivity contribution in [3.63, 3.8) is 0 Å². The summed E-state index contributed by atoms with van der Waals surface area (Å²) in [6.07, 6.45) is 3.26. The summed E-state index contributed by atoms with van der Waals surface area (Å²) in [5.74, 6) is 0.540. The van der Waals surface area contributed by atoms with E-state index in [9.17, 15) is 13.2 Å². The van der Waals surface area contributed by atoms with Crippen LogP contribution in [0, 0.1) is 0 Å². The van der Waals surface area contributed by atoms with E-state index in [1.165, 1.54) is 61.2 Å². The largest absolute Gasteiger partial charge is 0.497 e. The minimum Gasteiger partial charge on any atom is -0.497 e. The van der Waals surface area contributed by atoms with E-state index in [0.717, 1.165) is 0 Å². The van der Waals surface area contributed by atoms with E-state index >= 15 is 0 Å². The molecule has 0 aliphatic carbocycles. The predicted molar refractivity (Wildman–Crippen MR) is 124 cm³/mol. The lowest BCUT2D eigenvalue weighted by atomic mass is 10.2. The van der Waals surface area contributed by atoms with Crippen LogP contribution in [0.1, 0.15) is 5.56 Å². The third-order valence-electron chi connectivity index (χ3n) is 4.22. The fraction of sp³-hybridized carbons (Fsp3) is 0.143. The molecule has 0 bridgehead atoms. The van der Waals surface area contributed by atoms with Gasteiger partial charge in [-0.2, -0.15) is 8.42 Å². The van der Waals surface area contributed by atoms with Crippen LogP contribution in [0.4, 0.5) is 0 Å². The maximum atomic E-state index is 12.6. The molecule has 1 saturated heterocycles. The van der Waals surface area contributed by atoms with Gasteiger partial charge >= 0.3 is 10.1 Å². The maximum Gasteiger partial charge on any atom is 0.339 e. The number of amides is 1. The van der Waals surface area contributed by atoms with E-state index in [1.807, 2.05) is 0 Å². The number of rotatable bonds is 8. The van der Waals surface area contributed by atoms with Crippen LogP contribution in [-0.4, -0.2) is 44.3 Å². The zero-order valence-corrected chi connectivity index (χ0v) is 19.2. The van der Waals surface area contributed by atoms with Crippen molar-refractivity contribution in [1.29, 1.82) is 0 Å². The number of benzene rings is 2. The highest BCUT2D eigenvalue weighted by molar-refractivity contribution is 8.26. The van der Waals surface area contributed by atoms with Crippen molar-refractivity contribution in [3.05, 3.63) is 65.6 Å². The number of hydrogen-bond donors (Lipinski definition) is 0. The molecule has 7 nitrogen and oxygen atoms in total. The first-order valence-corrected chi connectivity index (χ1v) is 11.5. The number of thiocarbonyl (C=S) groups is 1. The number of nitrogens with zero attached hydrogens (tertiary/aromatic N) is 1. The highest BCUT2D eigenvalue weighted by Gasteiger charge is 2.31. The quantitative estimate of drug-likeness (QED) is 0.245. The van der Waals surface area contributed by atoms with Crippen molar-refractivity contribution in [2.75, 3.05) is 20.8 Å². The van der Waals surface area contributed by atoms with E-state index in [2.05, 4.69) is 6.58 Å². The molecule has 1 fully saturated rings. The first-order chi connectivity index (χ1) is 14.8. The van der Waals surface area contributed by atoms with E-state index in [1.54, 1.807) is 24.3 Å². The second-order valence-corrected chi connectivity index (χ2v) is 9.43. The first kappa shape index (κ1) is 22.9. The molecular weight excluding hydrogens is 458 g/mol. The van der Waals surface area contributed by atoms with Gasteiger partial charge in [-0.05, 0) is 48.0 Å². The van der Waals surface area contributed by atoms with Gasteiger partial charge in [0.25, 0.3) is 5.91 Å². The topological polar surface area (TPSA) is 82.1 Å². The van der Waals surface area contributed by atoms with Crippen LogP contribution in [0.15, 0.2) is 64.9 Å². The van der Waals surface area contributed by atoms with Crippen LogP contribution >= 0.6 is 24.0 Å². The zero-order chi connectivity index (χ0) is 22.6. The molecule has 162 valence electrons. The summed E-state index contributed by atoms with van der Waals surface area (Å²) in [7, 11) is -1.19. The Bertz CT molecular complexity index is 1160. The molecule has 0 atom stereocenters. The molecule has 0 N–H and O–H groups in total. The van der Waals surface area contributed by atoms with Gasteiger partial charge in [0.05, 0.1) is 19.1 Å². The Morgan fingerprint density at radius 1 is 1.10 bits per heavy atom. The van der Waals surface area contributed by atoms with E-state index in [-0.39, 0.29) is 22.3 Å². The molecule has 3 rings (SSSR count). The predicted octanol–water partition coefficient (Wildman–Crippen LogP) is 3.86. The van der Waals surface area contributed by atoms with Gasteiger partial charge < -0.3 is 13.7 Å². The van der Waals surface area contributed by atoms with Gasteiger partial charge in [-0.3, -0.25) is 9.69 Å². The highest BCUT2D eigenvalue weighted by Crippen LogP contribution is 2.35. The molecule has 0 aromatic heterocycles. The number of ether oxygens (including phenoxy) is 2. The third-order valence-corrected chi connectivity index (χ3v) is 6.84. The Balaban J connectivity index is 1.85. The molecule has 0 saturated carbocycles. The van der Waals surface area contributed by atoms with Gasteiger partial charge in [-0.15, -0.1) is 6.58 Å². The van der Waals surface area contributed by atoms with Crippen LogP contribution in [0.5, 0.6) is 17.2 Å². The van der Waals surface area contributed by atoms with Crippen molar-refractivity contribution in [1.82, 2.24) is 4.90 Å². The zero-order valence-electron chi connectivity index (χ0n) is 16.7. The molecule has 0 spiro atoms.